The summed E-state index contributed by atoms with van der Waals surface area (Å²) >= 11 is 0. The van der Waals surface area contributed by atoms with Crippen LogP contribution < -0.4 is 4.74 Å². The zero-order valence-electron chi connectivity index (χ0n) is 10.7. The molecule has 2 N–H and O–H groups in total. The molecule has 1 aromatic heterocycles. The second-order valence-corrected chi connectivity index (χ2v) is 4.43. The molecule has 0 aliphatic carbocycles. The maximum Gasteiger partial charge on any atom is 0.338 e. The van der Waals surface area contributed by atoms with Crippen molar-refractivity contribution in [3.8, 4) is 5.75 Å². The first-order valence-electron chi connectivity index (χ1n) is 5.59. The van der Waals surface area contributed by atoms with Crippen LogP contribution in [0.15, 0.2) is 18.2 Å². The second kappa shape index (κ2) is 4.70. The summed E-state index contributed by atoms with van der Waals surface area (Å²) < 4.78 is 5.13. The number of H-pyrrole nitrogens is 1. The smallest absolute Gasteiger partial charge is 0.338 e. The third kappa shape index (κ3) is 2.17. The molecule has 0 spiro atoms. The van der Waals surface area contributed by atoms with Crippen molar-refractivity contribution in [1.29, 1.82) is 0 Å². The number of carboxylic acids is 1. The van der Waals surface area contributed by atoms with Gasteiger partial charge in [0.2, 0.25) is 0 Å². The molecule has 1 heterocycles. The minimum absolute atomic E-state index is 0.317. The molecule has 0 saturated carbocycles. The van der Waals surface area contributed by atoms with E-state index in [4.69, 9.17) is 4.74 Å². The topological polar surface area (TPSA) is 65.6 Å². The minimum atomic E-state index is -0.925. The van der Waals surface area contributed by atoms with Crippen LogP contribution in [0.5, 0.6) is 5.75 Å². The molecule has 0 amide bonds. The van der Waals surface area contributed by atoms with Crippen molar-refractivity contribution in [1.82, 2.24) is 9.88 Å². The average molecular weight is 248 g/mol. The van der Waals surface area contributed by atoms with Crippen molar-refractivity contribution in [2.45, 2.75) is 6.54 Å². The molecule has 0 saturated heterocycles. The fourth-order valence-corrected chi connectivity index (χ4v) is 2.03. The van der Waals surface area contributed by atoms with Gasteiger partial charge in [-0.3, -0.25) is 0 Å². The van der Waals surface area contributed by atoms with Crippen molar-refractivity contribution in [2.24, 2.45) is 0 Å². The zero-order chi connectivity index (χ0) is 13.3. The van der Waals surface area contributed by atoms with Crippen LogP contribution in [-0.4, -0.2) is 42.2 Å². The summed E-state index contributed by atoms with van der Waals surface area (Å²) in [4.78, 5) is 16.5. The highest BCUT2D eigenvalue weighted by Crippen LogP contribution is 2.27. The van der Waals surface area contributed by atoms with Gasteiger partial charge in [0.15, 0.2) is 0 Å². The van der Waals surface area contributed by atoms with Crippen LogP contribution in [0.4, 0.5) is 0 Å². The van der Waals surface area contributed by atoms with Crippen LogP contribution in [-0.2, 0) is 6.54 Å². The van der Waals surface area contributed by atoms with Gasteiger partial charge in [-0.2, -0.15) is 0 Å². The number of carboxylic acid groups (broad SMARTS) is 1. The number of rotatable bonds is 4. The number of nitrogens with one attached hydrogen (secondary N) is 1. The molecule has 18 heavy (non-hydrogen) atoms. The summed E-state index contributed by atoms with van der Waals surface area (Å²) in [5.74, 6) is -0.272. The number of nitrogens with zero attached hydrogens (tertiary/aromatic N) is 1. The van der Waals surface area contributed by atoms with Crippen LogP contribution in [0.1, 0.15) is 16.1 Å². The van der Waals surface area contributed by atoms with Crippen molar-refractivity contribution < 1.29 is 14.6 Å². The first-order chi connectivity index (χ1) is 8.52. The lowest BCUT2D eigenvalue weighted by molar-refractivity contribution is 0.0697. The van der Waals surface area contributed by atoms with Gasteiger partial charge in [-0.1, -0.05) is 0 Å². The molecule has 0 aliphatic heterocycles. The fourth-order valence-electron chi connectivity index (χ4n) is 2.03. The van der Waals surface area contributed by atoms with Crippen molar-refractivity contribution in [2.75, 3.05) is 21.2 Å². The number of aromatic nitrogens is 1. The Kier molecular flexibility index (Phi) is 3.25. The second-order valence-electron chi connectivity index (χ2n) is 4.43. The summed E-state index contributed by atoms with van der Waals surface area (Å²) in [6.45, 7) is 0.554. The van der Waals surface area contributed by atoms with Gasteiger partial charge in [-0.15, -0.1) is 0 Å². The summed E-state index contributed by atoms with van der Waals surface area (Å²) in [6, 6.07) is 5.39. The third-order valence-corrected chi connectivity index (χ3v) is 2.77. The molecule has 5 heteroatoms. The maximum absolute atomic E-state index is 11.4. The number of hydrogen-bond acceptors (Lipinski definition) is 3. The molecule has 2 aromatic rings. The van der Waals surface area contributed by atoms with Crippen LogP contribution in [0.25, 0.3) is 10.9 Å². The molecular formula is C13H16N2O3. The lowest BCUT2D eigenvalue weighted by Gasteiger charge is -2.08. The third-order valence-electron chi connectivity index (χ3n) is 2.77. The Morgan fingerprint density at radius 3 is 2.72 bits per heavy atom. The first-order valence-corrected chi connectivity index (χ1v) is 5.59. The molecule has 0 fully saturated rings. The molecule has 5 nitrogen and oxygen atoms in total. The number of fused-ring (bicyclic) bond motifs is 1. The Balaban J connectivity index is 2.64. The quantitative estimate of drug-likeness (QED) is 0.867. The number of carbonyl (C=O) groups is 1. The highest BCUT2D eigenvalue weighted by atomic mass is 16.5. The van der Waals surface area contributed by atoms with Crippen molar-refractivity contribution >= 4 is 16.9 Å². The van der Waals surface area contributed by atoms with Crippen molar-refractivity contribution in [3.63, 3.8) is 0 Å². The van der Waals surface area contributed by atoms with E-state index in [1.54, 1.807) is 13.2 Å². The SMILES string of the molecule is COc1ccc2[nH]c(CN(C)C)c(C(=O)O)c2c1. The maximum atomic E-state index is 11.4. The monoisotopic (exact) mass is 248 g/mol. The van der Waals surface area contributed by atoms with Gasteiger partial charge in [-0.05, 0) is 32.3 Å². The molecular weight excluding hydrogens is 232 g/mol. The van der Waals surface area contributed by atoms with Crippen LogP contribution in [0, 0.1) is 0 Å². The van der Waals surface area contributed by atoms with Gasteiger partial charge in [0.05, 0.1) is 12.7 Å². The van der Waals surface area contributed by atoms with Gasteiger partial charge in [-0.25, -0.2) is 4.79 Å². The summed E-state index contributed by atoms with van der Waals surface area (Å²) in [6.07, 6.45) is 0. The van der Waals surface area contributed by atoms with Gasteiger partial charge in [0.1, 0.15) is 5.75 Å². The molecule has 0 bridgehead atoms. The number of aromatic carboxylic acids is 1. The van der Waals surface area contributed by atoms with Gasteiger partial charge in [0.25, 0.3) is 0 Å². The van der Waals surface area contributed by atoms with E-state index in [2.05, 4.69) is 4.98 Å². The van der Waals surface area contributed by atoms with Gasteiger partial charge < -0.3 is 19.7 Å². The normalized spacial score (nSPS) is 11.1. The van der Waals surface area contributed by atoms with E-state index in [1.807, 2.05) is 31.1 Å². The Hall–Kier alpha value is -2.01. The Labute approximate surface area is 105 Å². The van der Waals surface area contributed by atoms with Crippen LogP contribution >= 0.6 is 0 Å². The molecule has 0 atom stereocenters. The lowest BCUT2D eigenvalue weighted by atomic mass is 10.1. The summed E-state index contributed by atoms with van der Waals surface area (Å²) in [5.41, 5.74) is 1.83. The van der Waals surface area contributed by atoms with E-state index < -0.39 is 5.97 Å². The van der Waals surface area contributed by atoms with Gasteiger partial charge >= 0.3 is 5.97 Å². The minimum Gasteiger partial charge on any atom is -0.497 e. The van der Waals surface area contributed by atoms with Crippen LogP contribution in [0.3, 0.4) is 0 Å². The average Bonchev–Trinajstić information content (AvgIpc) is 2.64. The predicted molar refractivity (Wildman–Crippen MR) is 69.2 cm³/mol. The van der Waals surface area contributed by atoms with E-state index in [0.717, 1.165) is 5.52 Å². The van der Waals surface area contributed by atoms with E-state index in [0.29, 0.717) is 28.9 Å². The summed E-state index contributed by atoms with van der Waals surface area (Å²) in [7, 11) is 5.37. The Morgan fingerprint density at radius 2 is 2.17 bits per heavy atom. The Bertz CT molecular complexity index is 587. The molecule has 0 unspecified atom stereocenters. The number of aromatic amines is 1. The summed E-state index contributed by atoms with van der Waals surface area (Å²) in [5, 5.41) is 10.0. The predicted octanol–water partition coefficient (Wildman–Crippen LogP) is 1.94. The van der Waals surface area contributed by atoms with Crippen molar-refractivity contribution in [3.05, 3.63) is 29.5 Å². The zero-order valence-corrected chi connectivity index (χ0v) is 10.7. The highest BCUT2D eigenvalue weighted by Gasteiger charge is 2.18. The highest BCUT2D eigenvalue weighted by molar-refractivity contribution is 6.05. The molecule has 0 radical (unpaired) electrons. The molecule has 96 valence electrons. The Morgan fingerprint density at radius 1 is 1.44 bits per heavy atom. The lowest BCUT2D eigenvalue weighted by Crippen LogP contribution is -2.13. The number of ether oxygens (including phenoxy) is 1. The van der Waals surface area contributed by atoms with E-state index >= 15 is 0 Å². The largest absolute Gasteiger partial charge is 0.497 e. The molecule has 1 aromatic carbocycles. The number of hydrogen-bond donors (Lipinski definition) is 2. The number of benzene rings is 1. The number of methoxy groups -OCH3 is 1. The molecule has 2 rings (SSSR count). The van der Waals surface area contributed by atoms with E-state index in [9.17, 15) is 9.90 Å². The standard InChI is InChI=1S/C13H16N2O3/c1-15(2)7-11-12(13(16)17)9-6-8(18-3)4-5-10(9)14-11/h4-6,14H,7H2,1-3H3,(H,16,17). The van der Waals surface area contributed by atoms with Gasteiger partial charge in [0, 0.05) is 23.1 Å². The first kappa shape index (κ1) is 12.4. The fraction of sp³-hybridized carbons (Fsp3) is 0.308. The molecule has 0 aliphatic rings. The van der Waals surface area contributed by atoms with E-state index in [1.165, 1.54) is 0 Å². The van der Waals surface area contributed by atoms with Crippen LogP contribution in [0.2, 0.25) is 0 Å². The van der Waals surface area contributed by atoms with E-state index in [-0.39, 0.29) is 0 Å².